The van der Waals surface area contributed by atoms with Crippen LogP contribution in [0.4, 0.5) is 0 Å². The van der Waals surface area contributed by atoms with E-state index < -0.39 is 0 Å². The molecule has 0 N–H and O–H groups in total. The molecule has 1 rings (SSSR count). The highest BCUT2D eigenvalue weighted by Gasteiger charge is 2.17. The molecule has 0 spiro atoms. The van der Waals surface area contributed by atoms with Crippen molar-refractivity contribution in [3.05, 3.63) is 0 Å². The summed E-state index contributed by atoms with van der Waals surface area (Å²) in [6.45, 7) is 7.86. The van der Waals surface area contributed by atoms with Crippen LogP contribution in [0, 0.1) is 5.92 Å². The molecule has 100 valence electrons. The quantitative estimate of drug-likeness (QED) is 0.686. The van der Waals surface area contributed by atoms with Gasteiger partial charge in [0, 0.05) is 32.7 Å². The van der Waals surface area contributed by atoms with Crippen LogP contribution in [0.5, 0.6) is 0 Å². The van der Waals surface area contributed by atoms with Gasteiger partial charge in [-0.3, -0.25) is 4.79 Å². The van der Waals surface area contributed by atoms with Gasteiger partial charge in [0.15, 0.2) is 0 Å². The smallest absolute Gasteiger partial charge is 0.222 e. The van der Waals surface area contributed by atoms with E-state index in [1.54, 1.807) is 0 Å². The van der Waals surface area contributed by atoms with Crippen LogP contribution < -0.4 is 0 Å². The fourth-order valence-electron chi connectivity index (χ4n) is 2.42. The van der Waals surface area contributed by atoms with E-state index in [1.807, 2.05) is 4.90 Å². The maximum atomic E-state index is 12.1. The van der Waals surface area contributed by atoms with Crippen molar-refractivity contribution in [3.8, 4) is 0 Å². The predicted octanol–water partition coefficient (Wildman–Crippen LogP) is 2.84. The summed E-state index contributed by atoms with van der Waals surface area (Å²) in [6, 6.07) is 0. The Labute approximate surface area is 106 Å². The Bertz CT molecular complexity index is 206. The Kier molecular flexibility index (Phi) is 7.25. The number of carbonyl (C=O) groups excluding carboxylic acids is 1. The van der Waals surface area contributed by atoms with Crippen molar-refractivity contribution in [1.82, 2.24) is 4.90 Å². The summed E-state index contributed by atoms with van der Waals surface area (Å²) in [6.07, 6.45) is 6.16. The number of rotatable bonds is 7. The normalized spacial score (nSPS) is 17.1. The zero-order valence-electron chi connectivity index (χ0n) is 11.4. The first-order valence-corrected chi connectivity index (χ1v) is 7.13. The van der Waals surface area contributed by atoms with Crippen LogP contribution in [0.15, 0.2) is 0 Å². The van der Waals surface area contributed by atoms with Gasteiger partial charge in [0.25, 0.3) is 0 Å². The molecule has 0 aromatic carbocycles. The molecule has 0 radical (unpaired) electrons. The predicted molar refractivity (Wildman–Crippen MR) is 69.9 cm³/mol. The Balaban J connectivity index is 2.25. The molecular formula is C14H27NO2. The summed E-state index contributed by atoms with van der Waals surface area (Å²) in [4.78, 5) is 14.1. The second kappa shape index (κ2) is 8.51. The number of ether oxygens (including phenoxy) is 1. The molecule has 1 aliphatic rings. The number of amides is 1. The van der Waals surface area contributed by atoms with Gasteiger partial charge in [0.05, 0.1) is 0 Å². The van der Waals surface area contributed by atoms with E-state index >= 15 is 0 Å². The van der Waals surface area contributed by atoms with Crippen LogP contribution in [0.1, 0.15) is 52.4 Å². The number of hydrogen-bond donors (Lipinski definition) is 0. The Morgan fingerprint density at radius 3 is 2.29 bits per heavy atom. The van der Waals surface area contributed by atoms with Crippen LogP contribution in [0.3, 0.4) is 0 Å². The average molecular weight is 241 g/mol. The van der Waals surface area contributed by atoms with Gasteiger partial charge in [-0.15, -0.1) is 0 Å². The maximum absolute atomic E-state index is 12.1. The lowest BCUT2D eigenvalue weighted by molar-refractivity contribution is -0.131. The van der Waals surface area contributed by atoms with Gasteiger partial charge in [-0.2, -0.15) is 0 Å². The van der Waals surface area contributed by atoms with Gasteiger partial charge < -0.3 is 9.64 Å². The highest BCUT2D eigenvalue weighted by molar-refractivity contribution is 5.76. The standard InChI is InChI=1S/C14H27NO2/c1-3-9-15(10-4-2)14(16)6-5-13-7-11-17-12-8-13/h13H,3-12H2,1-2H3. The highest BCUT2D eigenvalue weighted by atomic mass is 16.5. The van der Waals surface area contributed by atoms with Gasteiger partial charge in [-0.25, -0.2) is 0 Å². The van der Waals surface area contributed by atoms with E-state index in [0.29, 0.717) is 11.8 Å². The van der Waals surface area contributed by atoms with Crippen molar-refractivity contribution in [2.45, 2.75) is 52.4 Å². The monoisotopic (exact) mass is 241 g/mol. The molecule has 0 bridgehead atoms. The minimum Gasteiger partial charge on any atom is -0.381 e. The summed E-state index contributed by atoms with van der Waals surface area (Å²) in [7, 11) is 0. The molecule has 0 unspecified atom stereocenters. The molecule has 0 aliphatic carbocycles. The fraction of sp³-hybridized carbons (Fsp3) is 0.929. The van der Waals surface area contributed by atoms with Gasteiger partial charge in [0.1, 0.15) is 0 Å². The van der Waals surface area contributed by atoms with Crippen LogP contribution >= 0.6 is 0 Å². The first kappa shape index (κ1) is 14.5. The molecule has 1 heterocycles. The number of carbonyl (C=O) groups is 1. The van der Waals surface area contributed by atoms with Crippen molar-refractivity contribution in [3.63, 3.8) is 0 Å². The largest absolute Gasteiger partial charge is 0.381 e. The zero-order valence-corrected chi connectivity index (χ0v) is 11.4. The van der Waals surface area contributed by atoms with E-state index in [2.05, 4.69) is 13.8 Å². The Morgan fingerprint density at radius 1 is 1.18 bits per heavy atom. The molecular weight excluding hydrogens is 214 g/mol. The van der Waals surface area contributed by atoms with Crippen molar-refractivity contribution in [1.29, 1.82) is 0 Å². The second-order valence-corrected chi connectivity index (χ2v) is 4.98. The van der Waals surface area contributed by atoms with E-state index in [-0.39, 0.29) is 0 Å². The second-order valence-electron chi connectivity index (χ2n) is 4.98. The van der Waals surface area contributed by atoms with E-state index in [4.69, 9.17) is 4.74 Å². The van der Waals surface area contributed by atoms with E-state index in [9.17, 15) is 4.79 Å². The summed E-state index contributed by atoms with van der Waals surface area (Å²) in [5.41, 5.74) is 0. The van der Waals surface area contributed by atoms with Crippen molar-refractivity contribution in [2.24, 2.45) is 5.92 Å². The molecule has 3 nitrogen and oxygen atoms in total. The van der Waals surface area contributed by atoms with Gasteiger partial charge >= 0.3 is 0 Å². The van der Waals surface area contributed by atoms with E-state index in [0.717, 1.165) is 64.8 Å². The minimum absolute atomic E-state index is 0.347. The van der Waals surface area contributed by atoms with Crippen LogP contribution in [0.25, 0.3) is 0 Å². The third-order valence-corrected chi connectivity index (χ3v) is 3.45. The first-order chi connectivity index (χ1) is 8.27. The first-order valence-electron chi connectivity index (χ1n) is 7.13. The average Bonchev–Trinajstić information content (AvgIpc) is 2.37. The summed E-state index contributed by atoms with van der Waals surface area (Å²) < 4.78 is 5.34. The van der Waals surface area contributed by atoms with Crippen LogP contribution in [-0.4, -0.2) is 37.1 Å². The molecule has 0 aromatic heterocycles. The lowest BCUT2D eigenvalue weighted by Crippen LogP contribution is -2.32. The van der Waals surface area contributed by atoms with E-state index in [1.165, 1.54) is 0 Å². The Hall–Kier alpha value is -0.570. The van der Waals surface area contributed by atoms with Gasteiger partial charge in [-0.1, -0.05) is 13.8 Å². The molecule has 1 aliphatic heterocycles. The SMILES string of the molecule is CCCN(CCC)C(=O)CCC1CCOCC1. The van der Waals surface area contributed by atoms with Crippen molar-refractivity contribution < 1.29 is 9.53 Å². The van der Waals surface area contributed by atoms with Crippen molar-refractivity contribution >= 4 is 5.91 Å². The molecule has 0 aromatic rings. The molecule has 3 heteroatoms. The van der Waals surface area contributed by atoms with Crippen molar-refractivity contribution in [2.75, 3.05) is 26.3 Å². The molecule has 17 heavy (non-hydrogen) atoms. The van der Waals surface area contributed by atoms with Gasteiger partial charge in [-0.05, 0) is 38.0 Å². The summed E-state index contributed by atoms with van der Waals surface area (Å²) in [5, 5.41) is 0. The number of nitrogens with zero attached hydrogens (tertiary/aromatic N) is 1. The van der Waals surface area contributed by atoms with Crippen LogP contribution in [0.2, 0.25) is 0 Å². The zero-order chi connectivity index (χ0) is 12.5. The Morgan fingerprint density at radius 2 is 1.76 bits per heavy atom. The number of hydrogen-bond acceptors (Lipinski definition) is 2. The molecule has 1 fully saturated rings. The maximum Gasteiger partial charge on any atom is 0.222 e. The molecule has 0 atom stereocenters. The molecule has 0 saturated carbocycles. The third kappa shape index (κ3) is 5.53. The third-order valence-electron chi connectivity index (χ3n) is 3.45. The molecule has 1 saturated heterocycles. The topological polar surface area (TPSA) is 29.5 Å². The minimum atomic E-state index is 0.347. The lowest BCUT2D eigenvalue weighted by Gasteiger charge is -2.25. The highest BCUT2D eigenvalue weighted by Crippen LogP contribution is 2.20. The fourth-order valence-corrected chi connectivity index (χ4v) is 2.42. The summed E-state index contributed by atoms with van der Waals surface area (Å²) >= 11 is 0. The van der Waals surface area contributed by atoms with Gasteiger partial charge in [0.2, 0.25) is 5.91 Å². The molecule has 1 amide bonds. The lowest BCUT2D eigenvalue weighted by atomic mass is 9.94. The summed E-state index contributed by atoms with van der Waals surface area (Å²) in [5.74, 6) is 1.05. The van der Waals surface area contributed by atoms with Crippen LogP contribution in [-0.2, 0) is 9.53 Å².